The van der Waals surface area contributed by atoms with Gasteiger partial charge in [-0.05, 0) is 25.0 Å². The predicted molar refractivity (Wildman–Crippen MR) is 123 cm³/mol. The highest BCUT2D eigenvalue weighted by atomic mass is 35.5. The second kappa shape index (κ2) is 9.18. The van der Waals surface area contributed by atoms with E-state index in [1.54, 1.807) is 20.2 Å². The van der Waals surface area contributed by atoms with Gasteiger partial charge in [0.2, 0.25) is 21.9 Å². The molecule has 0 bridgehead atoms. The van der Waals surface area contributed by atoms with Gasteiger partial charge in [0, 0.05) is 49.4 Å². The Hall–Kier alpha value is -2.47. The Morgan fingerprint density at radius 2 is 1.94 bits per heavy atom. The van der Waals surface area contributed by atoms with Gasteiger partial charge in [-0.1, -0.05) is 18.9 Å². The van der Waals surface area contributed by atoms with E-state index in [1.807, 2.05) is 0 Å². The van der Waals surface area contributed by atoms with Crippen LogP contribution in [0.1, 0.15) is 25.7 Å². The Balaban J connectivity index is 2.13. The number of aromatic nitrogens is 1. The molecule has 3 rings (SSSR count). The minimum Gasteiger partial charge on any atom is -0.395 e. The lowest BCUT2D eigenvalue weighted by atomic mass is 9.95. The number of pyridine rings is 1. The van der Waals surface area contributed by atoms with E-state index in [0.29, 0.717) is 29.3 Å². The largest absolute Gasteiger partial charge is 0.395 e. The zero-order chi connectivity index (χ0) is 23.7. The minimum atomic E-state index is -4.14. The van der Waals surface area contributed by atoms with Gasteiger partial charge in [-0.25, -0.2) is 12.8 Å². The van der Waals surface area contributed by atoms with Gasteiger partial charge in [0.1, 0.15) is 5.54 Å². The highest BCUT2D eigenvalue weighted by molar-refractivity contribution is 7.89. The van der Waals surface area contributed by atoms with E-state index in [0.717, 1.165) is 21.6 Å². The summed E-state index contributed by atoms with van der Waals surface area (Å²) >= 11 is 6.06. The summed E-state index contributed by atoms with van der Waals surface area (Å²) in [5.74, 6) is -0.701. The molecular weight excluding hydrogens is 456 g/mol. The molecule has 1 amide bonds. The number of carbonyl (C=O) groups is 1. The van der Waals surface area contributed by atoms with E-state index in [1.165, 1.54) is 29.4 Å². The summed E-state index contributed by atoms with van der Waals surface area (Å²) in [5, 5.41) is 18.2. The number of rotatable bonds is 7. The van der Waals surface area contributed by atoms with Crippen molar-refractivity contribution >= 4 is 50.1 Å². The molecule has 1 fully saturated rings. The molecule has 0 atom stereocenters. The SMILES string of the molecule is CN(C)C(=O)C1(N(CCO)S(=O)(=O)c2ccc3c(N(Cl)C(=N)N)cncc3c2)CCCC1. The molecule has 0 spiro atoms. The van der Waals surface area contributed by atoms with Crippen LogP contribution in [-0.4, -0.2) is 72.4 Å². The van der Waals surface area contributed by atoms with E-state index in [4.69, 9.17) is 22.9 Å². The summed E-state index contributed by atoms with van der Waals surface area (Å²) in [6.07, 6.45) is 5.13. The normalized spacial score (nSPS) is 15.8. The Morgan fingerprint density at radius 3 is 2.50 bits per heavy atom. The number of aliphatic hydroxyl groups excluding tert-OH is 1. The summed E-state index contributed by atoms with van der Waals surface area (Å²) in [4.78, 5) is 18.6. The molecule has 0 aliphatic heterocycles. The number of sulfonamides is 1. The summed E-state index contributed by atoms with van der Waals surface area (Å²) < 4.78 is 29.6. The van der Waals surface area contributed by atoms with Crippen molar-refractivity contribution in [2.24, 2.45) is 5.73 Å². The second-order valence-electron chi connectivity index (χ2n) is 7.95. The number of carbonyl (C=O) groups excluding carboxylic acids is 1. The minimum absolute atomic E-state index is 0.0285. The van der Waals surface area contributed by atoms with E-state index < -0.39 is 28.1 Å². The van der Waals surface area contributed by atoms with Crippen molar-refractivity contribution in [2.75, 3.05) is 31.7 Å². The molecule has 1 aliphatic carbocycles. The van der Waals surface area contributed by atoms with Crippen LogP contribution in [0.3, 0.4) is 0 Å². The number of nitrogens with one attached hydrogen (secondary N) is 1. The number of β-amino-alcohol motifs (C(OH)–C–C–N with tert-alkyl or cyclic N) is 1. The maximum atomic E-state index is 13.7. The van der Waals surface area contributed by atoms with E-state index >= 15 is 0 Å². The van der Waals surface area contributed by atoms with Gasteiger partial charge in [0.25, 0.3) is 0 Å². The highest BCUT2D eigenvalue weighted by Gasteiger charge is 2.51. The number of halogens is 1. The van der Waals surface area contributed by atoms with Gasteiger partial charge in [-0.2, -0.15) is 4.31 Å². The van der Waals surface area contributed by atoms with Crippen LogP contribution in [0.15, 0.2) is 35.5 Å². The topological polar surface area (TPSA) is 144 Å². The number of aliphatic hydroxyl groups is 1. The Bertz CT molecular complexity index is 1130. The predicted octanol–water partition coefficient (Wildman–Crippen LogP) is 1.47. The molecule has 4 N–H and O–H groups in total. The number of guanidine groups is 1. The number of amides is 1. The molecule has 12 heteroatoms. The molecule has 0 saturated heterocycles. The lowest BCUT2D eigenvalue weighted by Crippen LogP contribution is -2.59. The molecule has 1 aromatic carbocycles. The van der Waals surface area contributed by atoms with Crippen LogP contribution in [0, 0.1) is 5.41 Å². The molecule has 2 aromatic rings. The smallest absolute Gasteiger partial charge is 0.244 e. The van der Waals surface area contributed by atoms with Crippen LogP contribution in [-0.2, 0) is 14.8 Å². The Morgan fingerprint density at radius 1 is 1.28 bits per heavy atom. The zero-order valence-corrected chi connectivity index (χ0v) is 19.5. The monoisotopic (exact) mass is 482 g/mol. The Labute approximate surface area is 192 Å². The highest BCUT2D eigenvalue weighted by Crippen LogP contribution is 2.40. The molecule has 32 heavy (non-hydrogen) atoms. The number of benzene rings is 1. The van der Waals surface area contributed by atoms with Crippen molar-refractivity contribution in [2.45, 2.75) is 36.1 Å². The van der Waals surface area contributed by atoms with Gasteiger partial charge in [-0.15, -0.1) is 0 Å². The summed E-state index contributed by atoms with van der Waals surface area (Å²) in [5.41, 5.74) is 4.56. The van der Waals surface area contributed by atoms with E-state index in [-0.39, 0.29) is 17.3 Å². The molecule has 1 saturated carbocycles. The lowest BCUT2D eigenvalue weighted by Gasteiger charge is -2.40. The number of nitrogens with zero attached hydrogens (tertiary/aromatic N) is 4. The number of anilines is 1. The summed E-state index contributed by atoms with van der Waals surface area (Å²) in [6.45, 7) is -0.612. The average molecular weight is 483 g/mol. The van der Waals surface area contributed by atoms with Crippen LogP contribution in [0.5, 0.6) is 0 Å². The van der Waals surface area contributed by atoms with Gasteiger partial charge < -0.3 is 15.7 Å². The van der Waals surface area contributed by atoms with Crippen LogP contribution >= 0.6 is 11.8 Å². The third kappa shape index (κ3) is 4.13. The molecule has 1 aromatic heterocycles. The molecule has 1 heterocycles. The number of likely N-dealkylation sites (N-methyl/N-ethyl adjacent to an activating group) is 1. The molecule has 174 valence electrons. The standard InChI is InChI=1S/C20H27ClN6O4S/c1-25(2)18(29)20(7-3-4-8-20)26(9-10-28)32(30,31)15-5-6-16-14(11-15)12-24-13-17(16)27(21)19(22)23/h5-6,11-13,28H,3-4,7-10H2,1-2H3,(H3,22,23). The van der Waals surface area contributed by atoms with Crippen molar-refractivity contribution in [3.8, 4) is 0 Å². The van der Waals surface area contributed by atoms with Crippen molar-refractivity contribution in [3.05, 3.63) is 30.6 Å². The molecule has 10 nitrogen and oxygen atoms in total. The van der Waals surface area contributed by atoms with Gasteiger partial charge in [0.05, 0.1) is 23.4 Å². The van der Waals surface area contributed by atoms with Crippen LogP contribution in [0.4, 0.5) is 5.69 Å². The average Bonchev–Trinajstić information content (AvgIpc) is 3.25. The van der Waals surface area contributed by atoms with Crippen LogP contribution < -0.4 is 10.2 Å². The van der Waals surface area contributed by atoms with E-state index in [2.05, 4.69) is 4.98 Å². The molecular formula is C20H27ClN6O4S. The number of nitrogens with two attached hydrogens (primary N) is 1. The van der Waals surface area contributed by atoms with Gasteiger partial charge in [-0.3, -0.25) is 15.2 Å². The third-order valence-corrected chi connectivity index (χ3v) is 8.06. The van der Waals surface area contributed by atoms with Crippen molar-refractivity contribution < 1.29 is 18.3 Å². The first kappa shape index (κ1) is 24.2. The second-order valence-corrected chi connectivity index (χ2v) is 10.1. The summed E-state index contributed by atoms with van der Waals surface area (Å²) in [7, 11) is -0.941. The van der Waals surface area contributed by atoms with Crippen molar-refractivity contribution in [1.29, 1.82) is 5.41 Å². The van der Waals surface area contributed by atoms with Crippen LogP contribution in [0.2, 0.25) is 0 Å². The van der Waals surface area contributed by atoms with Crippen LogP contribution in [0.25, 0.3) is 10.8 Å². The number of hydrogen-bond acceptors (Lipinski definition) is 6. The van der Waals surface area contributed by atoms with Crippen molar-refractivity contribution in [3.63, 3.8) is 0 Å². The zero-order valence-electron chi connectivity index (χ0n) is 18.0. The first-order chi connectivity index (χ1) is 15.1. The molecule has 0 unspecified atom stereocenters. The third-order valence-electron chi connectivity index (χ3n) is 5.74. The molecule has 0 radical (unpaired) electrons. The fraction of sp³-hybridized carbons (Fsp3) is 0.450. The number of fused-ring (bicyclic) bond motifs is 1. The van der Waals surface area contributed by atoms with E-state index in [9.17, 15) is 18.3 Å². The van der Waals surface area contributed by atoms with Gasteiger partial charge in [0.15, 0.2) is 0 Å². The Kier molecular flexibility index (Phi) is 6.94. The first-order valence-electron chi connectivity index (χ1n) is 10.1. The van der Waals surface area contributed by atoms with Crippen molar-refractivity contribution in [1.82, 2.24) is 14.2 Å². The maximum Gasteiger partial charge on any atom is 0.244 e. The molecule has 1 aliphatic rings. The fourth-order valence-corrected chi connectivity index (χ4v) is 6.26. The summed E-state index contributed by atoms with van der Waals surface area (Å²) in [6, 6.07) is 4.42. The lowest BCUT2D eigenvalue weighted by molar-refractivity contribution is -0.139. The quantitative estimate of drug-likeness (QED) is 0.308. The maximum absolute atomic E-state index is 13.7. The van der Waals surface area contributed by atoms with Gasteiger partial charge >= 0.3 is 0 Å². The number of hydrogen-bond donors (Lipinski definition) is 3. The fourth-order valence-electron chi connectivity index (χ4n) is 4.31. The first-order valence-corrected chi connectivity index (χ1v) is 11.9.